The summed E-state index contributed by atoms with van der Waals surface area (Å²) in [5.74, 6) is -2.38. The summed E-state index contributed by atoms with van der Waals surface area (Å²) in [4.78, 5) is 30.4. The summed E-state index contributed by atoms with van der Waals surface area (Å²) in [7, 11) is 0. The molecule has 0 aliphatic rings. The third-order valence-electron chi connectivity index (χ3n) is 4.88. The maximum absolute atomic E-state index is 12.6. The molecule has 0 saturated carbocycles. The Morgan fingerprint density at radius 1 is 0.808 bits per heavy atom. The van der Waals surface area contributed by atoms with Gasteiger partial charge in [-0.05, 0) is 23.3 Å². The number of rotatable bonds is 5. The number of hydrogen-bond acceptors (Lipinski definition) is 2. The van der Waals surface area contributed by atoms with Gasteiger partial charge in [0.25, 0.3) is 0 Å². The van der Waals surface area contributed by atoms with E-state index in [1.165, 1.54) is 0 Å². The predicted octanol–water partition coefficient (Wildman–Crippen LogP) is 3.49. The van der Waals surface area contributed by atoms with Gasteiger partial charge in [0.2, 0.25) is 0 Å². The lowest BCUT2D eigenvalue weighted by atomic mass is 9.71. The van der Waals surface area contributed by atoms with Gasteiger partial charge in [-0.25, -0.2) is 0 Å². The predicted molar refractivity (Wildman–Crippen MR) is 97.3 cm³/mol. The largest absolute Gasteiger partial charge is 0.481 e. The highest BCUT2D eigenvalue weighted by Gasteiger charge is 2.47. The summed E-state index contributed by atoms with van der Waals surface area (Å²) in [5.41, 5.74) is 0.683. The second kappa shape index (κ2) is 5.77. The molecular formula is C20H16N2O4. The van der Waals surface area contributed by atoms with Gasteiger partial charge in [0.05, 0.1) is 6.42 Å². The van der Waals surface area contributed by atoms with Crippen molar-refractivity contribution in [2.24, 2.45) is 0 Å². The Hall–Kier alpha value is -3.54. The van der Waals surface area contributed by atoms with Crippen molar-refractivity contribution in [1.29, 1.82) is 0 Å². The second-order valence-corrected chi connectivity index (χ2v) is 6.28. The lowest BCUT2D eigenvalue weighted by molar-refractivity contribution is -0.148. The molecule has 0 radical (unpaired) electrons. The van der Waals surface area contributed by atoms with Gasteiger partial charge in [0.15, 0.2) is 0 Å². The highest BCUT2D eigenvalue weighted by atomic mass is 16.4. The molecule has 6 heteroatoms. The molecule has 2 aromatic heterocycles. The number of H-pyrrole nitrogens is 2. The Bertz CT molecular complexity index is 1060. The van der Waals surface area contributed by atoms with Crippen LogP contribution >= 0.6 is 0 Å². The van der Waals surface area contributed by atoms with Crippen LogP contribution in [0.1, 0.15) is 17.5 Å². The Morgan fingerprint density at radius 2 is 1.27 bits per heavy atom. The van der Waals surface area contributed by atoms with Gasteiger partial charge < -0.3 is 20.2 Å². The number of hydrogen-bond donors (Lipinski definition) is 4. The number of aromatic nitrogens is 2. The lowest BCUT2D eigenvalue weighted by Gasteiger charge is -2.28. The minimum atomic E-state index is -1.72. The van der Waals surface area contributed by atoms with Gasteiger partial charge in [-0.15, -0.1) is 0 Å². The van der Waals surface area contributed by atoms with E-state index < -0.39 is 23.8 Å². The molecule has 0 bridgehead atoms. The molecule has 0 unspecified atom stereocenters. The number of nitrogens with one attached hydrogen (secondary N) is 2. The third-order valence-corrected chi connectivity index (χ3v) is 4.88. The Kier molecular flexibility index (Phi) is 3.54. The molecule has 130 valence electrons. The summed E-state index contributed by atoms with van der Waals surface area (Å²) in [6.07, 6.45) is 2.64. The molecule has 2 aromatic carbocycles. The first-order valence-electron chi connectivity index (χ1n) is 8.12. The Labute approximate surface area is 148 Å². The van der Waals surface area contributed by atoms with Crippen LogP contribution in [-0.2, 0) is 15.0 Å². The van der Waals surface area contributed by atoms with E-state index in [1.807, 2.05) is 36.4 Å². The molecule has 6 nitrogen and oxygen atoms in total. The van der Waals surface area contributed by atoms with Crippen LogP contribution in [0, 0.1) is 0 Å². The van der Waals surface area contributed by atoms with E-state index in [1.54, 1.807) is 24.5 Å². The molecule has 4 N–H and O–H groups in total. The third kappa shape index (κ3) is 2.19. The molecule has 0 saturated heterocycles. The quantitative estimate of drug-likeness (QED) is 0.443. The van der Waals surface area contributed by atoms with Gasteiger partial charge in [0.1, 0.15) is 5.41 Å². The normalized spacial score (nSPS) is 11.8. The lowest BCUT2D eigenvalue weighted by Crippen LogP contribution is -2.39. The molecule has 0 spiro atoms. The van der Waals surface area contributed by atoms with Crippen molar-refractivity contribution in [2.75, 3.05) is 0 Å². The number of aromatic amines is 2. The molecule has 4 rings (SSSR count). The molecule has 0 fully saturated rings. The highest BCUT2D eigenvalue weighted by molar-refractivity contribution is 6.01. The van der Waals surface area contributed by atoms with Gasteiger partial charge in [-0.2, -0.15) is 0 Å². The zero-order chi connectivity index (χ0) is 18.3. The Balaban J connectivity index is 2.11. The van der Waals surface area contributed by atoms with Crippen LogP contribution < -0.4 is 0 Å². The number of benzene rings is 2. The van der Waals surface area contributed by atoms with Gasteiger partial charge in [0, 0.05) is 34.2 Å². The highest BCUT2D eigenvalue weighted by Crippen LogP contribution is 2.43. The van der Waals surface area contributed by atoms with E-state index in [4.69, 9.17) is 0 Å². The van der Waals surface area contributed by atoms with Crippen molar-refractivity contribution < 1.29 is 19.8 Å². The molecule has 4 aromatic rings. The fourth-order valence-electron chi connectivity index (χ4n) is 3.72. The standard InChI is InChI=1S/C20H16N2O4/c23-18(24)9-20(19(25)26,14-10-21-16-7-3-1-5-12(14)16)15-11-22-17-8-4-2-6-13(15)17/h1-8,10-11,21-22H,9H2,(H,23,24)(H,25,26). The molecular weight excluding hydrogens is 332 g/mol. The maximum atomic E-state index is 12.6. The zero-order valence-corrected chi connectivity index (χ0v) is 13.7. The Morgan fingerprint density at radius 3 is 1.69 bits per heavy atom. The van der Waals surface area contributed by atoms with Gasteiger partial charge in [-0.1, -0.05) is 36.4 Å². The summed E-state index contributed by atoms with van der Waals surface area (Å²) < 4.78 is 0. The van der Waals surface area contributed by atoms with E-state index in [-0.39, 0.29) is 0 Å². The first-order chi connectivity index (χ1) is 12.5. The molecule has 0 aliphatic carbocycles. The van der Waals surface area contributed by atoms with Crippen molar-refractivity contribution in [1.82, 2.24) is 9.97 Å². The molecule has 0 atom stereocenters. The van der Waals surface area contributed by atoms with E-state index >= 15 is 0 Å². The van der Waals surface area contributed by atoms with Crippen LogP contribution in [0.15, 0.2) is 60.9 Å². The van der Waals surface area contributed by atoms with Crippen LogP contribution in [0.2, 0.25) is 0 Å². The average molecular weight is 348 g/mol. The van der Waals surface area contributed by atoms with Gasteiger partial charge >= 0.3 is 11.9 Å². The molecule has 0 amide bonds. The smallest absolute Gasteiger partial charge is 0.319 e. The van der Waals surface area contributed by atoms with Crippen molar-refractivity contribution in [2.45, 2.75) is 11.8 Å². The molecule has 0 aliphatic heterocycles. The number of carboxylic acids is 2. The summed E-state index contributed by atoms with van der Waals surface area (Å²) in [6.45, 7) is 0. The minimum absolute atomic E-state index is 0.438. The van der Waals surface area contributed by atoms with E-state index in [0.29, 0.717) is 21.9 Å². The summed E-state index contributed by atoms with van der Waals surface area (Å²) in [6, 6.07) is 14.6. The number of para-hydroxylation sites is 2. The number of fused-ring (bicyclic) bond motifs is 2. The van der Waals surface area contributed by atoms with E-state index in [0.717, 1.165) is 11.0 Å². The summed E-state index contributed by atoms with van der Waals surface area (Å²) >= 11 is 0. The topological polar surface area (TPSA) is 106 Å². The van der Waals surface area contributed by atoms with Crippen molar-refractivity contribution in [3.8, 4) is 0 Å². The number of carboxylic acid groups (broad SMARTS) is 2. The molecule has 26 heavy (non-hydrogen) atoms. The van der Waals surface area contributed by atoms with Crippen molar-refractivity contribution >= 4 is 33.7 Å². The van der Waals surface area contributed by atoms with Crippen LogP contribution in [0.25, 0.3) is 21.8 Å². The number of aliphatic carboxylic acids is 2. The fraction of sp³-hybridized carbons (Fsp3) is 0.100. The van der Waals surface area contributed by atoms with E-state index in [9.17, 15) is 19.8 Å². The first kappa shape index (κ1) is 16.0. The molecule has 2 heterocycles. The fourth-order valence-corrected chi connectivity index (χ4v) is 3.72. The van der Waals surface area contributed by atoms with Crippen molar-refractivity contribution in [3.05, 3.63) is 72.1 Å². The maximum Gasteiger partial charge on any atom is 0.319 e. The average Bonchev–Trinajstić information content (AvgIpc) is 3.24. The monoisotopic (exact) mass is 348 g/mol. The SMILES string of the molecule is O=C(O)CC(C(=O)O)(c1c[nH]c2ccccc12)c1c[nH]c2ccccc12. The van der Waals surface area contributed by atoms with E-state index in [2.05, 4.69) is 9.97 Å². The number of carbonyl (C=O) groups is 2. The van der Waals surface area contributed by atoms with Gasteiger partial charge in [-0.3, -0.25) is 9.59 Å². The second-order valence-electron chi connectivity index (χ2n) is 6.28. The minimum Gasteiger partial charge on any atom is -0.481 e. The first-order valence-corrected chi connectivity index (χ1v) is 8.12. The van der Waals surface area contributed by atoms with Crippen LogP contribution in [0.4, 0.5) is 0 Å². The van der Waals surface area contributed by atoms with Crippen LogP contribution in [0.5, 0.6) is 0 Å². The van der Waals surface area contributed by atoms with Crippen LogP contribution in [-0.4, -0.2) is 32.1 Å². The van der Waals surface area contributed by atoms with Crippen molar-refractivity contribution in [3.63, 3.8) is 0 Å². The zero-order valence-electron chi connectivity index (χ0n) is 13.7. The summed E-state index contributed by atoms with van der Waals surface area (Å²) in [5, 5.41) is 21.2. The van der Waals surface area contributed by atoms with Crippen LogP contribution in [0.3, 0.4) is 0 Å².